The molecule has 18 heavy (non-hydrogen) atoms. The molecule has 0 spiro atoms. The highest BCUT2D eigenvalue weighted by atomic mass is 32.2. The Morgan fingerprint density at radius 1 is 1.17 bits per heavy atom. The molecule has 1 aromatic heterocycles. The largest absolute Gasteiger partial charge is 0.501 e. The van der Waals surface area contributed by atoms with E-state index in [1.54, 1.807) is 13.8 Å². The lowest BCUT2D eigenvalue weighted by Gasteiger charge is -2.08. The standard InChI is InChI=1S/C11H10F3NO2S/c1-6-7(2)15-10-4-3-8(5-9(6)10)18(16,17)11(12,13)14/h3-5,15H,1-2H3. The third-order valence-electron chi connectivity index (χ3n) is 2.89. The second kappa shape index (κ2) is 3.74. The van der Waals surface area contributed by atoms with Crippen molar-refractivity contribution in [2.75, 3.05) is 0 Å². The molecule has 0 aliphatic heterocycles. The minimum Gasteiger partial charge on any atom is -0.358 e. The van der Waals surface area contributed by atoms with Gasteiger partial charge in [0.2, 0.25) is 0 Å². The van der Waals surface area contributed by atoms with Crippen molar-refractivity contribution in [2.45, 2.75) is 24.3 Å². The Morgan fingerprint density at radius 3 is 2.33 bits per heavy atom. The van der Waals surface area contributed by atoms with Gasteiger partial charge in [0.15, 0.2) is 0 Å². The zero-order valence-electron chi connectivity index (χ0n) is 9.59. The quantitative estimate of drug-likeness (QED) is 0.870. The molecule has 2 rings (SSSR count). The van der Waals surface area contributed by atoms with Crippen LogP contribution in [0.15, 0.2) is 23.1 Å². The summed E-state index contributed by atoms with van der Waals surface area (Å²) < 4.78 is 59.8. The molecule has 1 N–H and O–H groups in total. The lowest BCUT2D eigenvalue weighted by Crippen LogP contribution is -2.23. The van der Waals surface area contributed by atoms with Gasteiger partial charge in [0.1, 0.15) is 0 Å². The average Bonchev–Trinajstić information content (AvgIpc) is 2.53. The molecule has 1 aromatic carbocycles. The van der Waals surface area contributed by atoms with Crippen LogP contribution >= 0.6 is 0 Å². The fraction of sp³-hybridized carbons (Fsp3) is 0.273. The number of sulfone groups is 1. The molecule has 0 amide bonds. The van der Waals surface area contributed by atoms with Crippen LogP contribution in [0.5, 0.6) is 0 Å². The van der Waals surface area contributed by atoms with Crippen LogP contribution in [0.2, 0.25) is 0 Å². The summed E-state index contributed by atoms with van der Waals surface area (Å²) in [6.45, 7) is 3.49. The molecular formula is C11H10F3NO2S. The monoisotopic (exact) mass is 277 g/mol. The van der Waals surface area contributed by atoms with E-state index in [9.17, 15) is 21.6 Å². The predicted molar refractivity (Wildman–Crippen MR) is 61.0 cm³/mol. The first kappa shape index (κ1) is 12.9. The number of benzene rings is 1. The molecule has 98 valence electrons. The first-order valence-corrected chi connectivity index (χ1v) is 6.53. The molecule has 0 radical (unpaired) electrons. The summed E-state index contributed by atoms with van der Waals surface area (Å²) in [7, 11) is -5.29. The topological polar surface area (TPSA) is 49.9 Å². The SMILES string of the molecule is Cc1[nH]c2ccc(S(=O)(=O)C(F)(F)F)cc2c1C. The number of hydrogen-bond acceptors (Lipinski definition) is 2. The molecule has 0 atom stereocenters. The average molecular weight is 277 g/mol. The molecule has 1 heterocycles. The summed E-state index contributed by atoms with van der Waals surface area (Å²) in [6.07, 6.45) is 0. The summed E-state index contributed by atoms with van der Waals surface area (Å²) in [5.74, 6) is 0. The number of H-pyrrole nitrogens is 1. The van der Waals surface area contributed by atoms with Crippen LogP contribution in [0.3, 0.4) is 0 Å². The van der Waals surface area contributed by atoms with Gasteiger partial charge in [0, 0.05) is 16.6 Å². The number of nitrogens with one attached hydrogen (secondary N) is 1. The molecule has 2 aromatic rings. The molecule has 3 nitrogen and oxygen atoms in total. The number of fused-ring (bicyclic) bond motifs is 1. The van der Waals surface area contributed by atoms with Crippen LogP contribution in [0, 0.1) is 13.8 Å². The minimum absolute atomic E-state index is 0.484. The van der Waals surface area contributed by atoms with Gasteiger partial charge < -0.3 is 4.98 Å². The Morgan fingerprint density at radius 2 is 1.78 bits per heavy atom. The van der Waals surface area contributed by atoms with E-state index in [-0.39, 0.29) is 0 Å². The molecular weight excluding hydrogens is 267 g/mol. The Bertz CT molecular complexity index is 714. The second-order valence-corrected chi connectivity index (χ2v) is 5.97. The summed E-state index contributed by atoms with van der Waals surface area (Å²) in [5.41, 5.74) is -3.12. The number of aryl methyl sites for hydroxylation is 2. The number of halogens is 3. The Kier molecular flexibility index (Phi) is 2.69. The number of alkyl halides is 3. The van der Waals surface area contributed by atoms with Gasteiger partial charge in [-0.2, -0.15) is 13.2 Å². The molecule has 0 bridgehead atoms. The lowest BCUT2D eigenvalue weighted by molar-refractivity contribution is -0.0435. The van der Waals surface area contributed by atoms with Crippen molar-refractivity contribution in [1.82, 2.24) is 4.98 Å². The van der Waals surface area contributed by atoms with Crippen LogP contribution in [-0.4, -0.2) is 18.9 Å². The summed E-state index contributed by atoms with van der Waals surface area (Å²) >= 11 is 0. The van der Waals surface area contributed by atoms with Crippen LogP contribution in [0.25, 0.3) is 10.9 Å². The van der Waals surface area contributed by atoms with Crippen molar-refractivity contribution >= 4 is 20.7 Å². The summed E-state index contributed by atoms with van der Waals surface area (Å²) in [6, 6.07) is 3.35. The van der Waals surface area contributed by atoms with E-state index in [1.165, 1.54) is 6.07 Å². The van der Waals surface area contributed by atoms with Crippen molar-refractivity contribution in [3.05, 3.63) is 29.5 Å². The Labute approximate surface area is 102 Å². The van der Waals surface area contributed by atoms with Crippen LogP contribution < -0.4 is 0 Å². The molecule has 0 aliphatic rings. The number of hydrogen-bond donors (Lipinski definition) is 1. The van der Waals surface area contributed by atoms with Crippen LogP contribution in [-0.2, 0) is 9.84 Å². The van der Waals surface area contributed by atoms with Crippen molar-refractivity contribution in [2.24, 2.45) is 0 Å². The highest BCUT2D eigenvalue weighted by molar-refractivity contribution is 7.92. The summed E-state index contributed by atoms with van der Waals surface area (Å²) in [4.78, 5) is 2.24. The van der Waals surface area contributed by atoms with Crippen molar-refractivity contribution < 1.29 is 21.6 Å². The van der Waals surface area contributed by atoms with Gasteiger partial charge in [0.25, 0.3) is 9.84 Å². The predicted octanol–water partition coefficient (Wildman–Crippen LogP) is 3.08. The van der Waals surface area contributed by atoms with Gasteiger partial charge in [-0.05, 0) is 37.6 Å². The smallest absolute Gasteiger partial charge is 0.358 e. The molecule has 0 fully saturated rings. The maximum Gasteiger partial charge on any atom is 0.501 e. The second-order valence-electron chi connectivity index (χ2n) is 4.03. The van der Waals surface area contributed by atoms with Crippen LogP contribution in [0.1, 0.15) is 11.3 Å². The molecule has 0 saturated heterocycles. The van der Waals surface area contributed by atoms with Crippen LogP contribution in [0.4, 0.5) is 13.2 Å². The van der Waals surface area contributed by atoms with E-state index < -0.39 is 20.2 Å². The highest BCUT2D eigenvalue weighted by Crippen LogP contribution is 2.32. The normalized spacial score (nSPS) is 13.2. The first-order chi connectivity index (χ1) is 8.14. The van der Waals surface area contributed by atoms with E-state index in [0.29, 0.717) is 10.9 Å². The molecule has 0 saturated carbocycles. The fourth-order valence-electron chi connectivity index (χ4n) is 1.74. The highest BCUT2D eigenvalue weighted by Gasteiger charge is 2.46. The summed E-state index contributed by atoms with van der Waals surface area (Å²) in [5, 5.41) is 0.484. The zero-order valence-corrected chi connectivity index (χ0v) is 10.4. The zero-order chi connectivity index (χ0) is 13.7. The van der Waals surface area contributed by atoms with E-state index in [0.717, 1.165) is 23.4 Å². The van der Waals surface area contributed by atoms with Gasteiger partial charge >= 0.3 is 5.51 Å². The van der Waals surface area contributed by atoms with E-state index in [1.807, 2.05) is 0 Å². The van der Waals surface area contributed by atoms with Gasteiger partial charge in [-0.25, -0.2) is 8.42 Å². The van der Waals surface area contributed by atoms with Gasteiger partial charge in [-0.3, -0.25) is 0 Å². The van der Waals surface area contributed by atoms with Crippen molar-refractivity contribution in [3.63, 3.8) is 0 Å². The number of aromatic nitrogens is 1. The fourth-order valence-corrected chi connectivity index (χ4v) is 2.53. The Hall–Kier alpha value is -1.50. The van der Waals surface area contributed by atoms with Crippen molar-refractivity contribution in [1.29, 1.82) is 0 Å². The maximum atomic E-state index is 12.4. The third-order valence-corrected chi connectivity index (χ3v) is 4.38. The number of rotatable bonds is 1. The van der Waals surface area contributed by atoms with Gasteiger partial charge in [-0.15, -0.1) is 0 Å². The van der Waals surface area contributed by atoms with E-state index in [2.05, 4.69) is 4.98 Å². The Balaban J connectivity index is 2.72. The first-order valence-electron chi connectivity index (χ1n) is 5.05. The van der Waals surface area contributed by atoms with E-state index in [4.69, 9.17) is 0 Å². The van der Waals surface area contributed by atoms with Gasteiger partial charge in [0.05, 0.1) is 4.90 Å². The van der Waals surface area contributed by atoms with Gasteiger partial charge in [-0.1, -0.05) is 0 Å². The van der Waals surface area contributed by atoms with Crippen molar-refractivity contribution in [3.8, 4) is 0 Å². The minimum atomic E-state index is -5.29. The lowest BCUT2D eigenvalue weighted by atomic mass is 10.1. The molecule has 0 aliphatic carbocycles. The third kappa shape index (κ3) is 1.78. The number of aromatic amines is 1. The van der Waals surface area contributed by atoms with E-state index >= 15 is 0 Å². The molecule has 0 unspecified atom stereocenters. The maximum absolute atomic E-state index is 12.4. The molecule has 7 heteroatoms.